The first kappa shape index (κ1) is 16.9. The third-order valence-electron chi connectivity index (χ3n) is 2.96. The van der Waals surface area contributed by atoms with Crippen LogP contribution < -0.4 is 0 Å². The van der Waals surface area contributed by atoms with Crippen molar-refractivity contribution >= 4 is 11.8 Å². The van der Waals surface area contributed by atoms with Crippen molar-refractivity contribution < 1.29 is 37.0 Å². The zero-order chi connectivity index (χ0) is 15.2. The van der Waals surface area contributed by atoms with E-state index in [1.54, 1.807) is 6.92 Å². The molecule has 1 aliphatic heterocycles. The fraction of sp³-hybridized carbons (Fsp3) is 0.833. The summed E-state index contributed by atoms with van der Waals surface area (Å²) in [6, 6.07) is 0. The number of rotatable bonds is 6. The Balaban J connectivity index is 2.64. The molecule has 20 heavy (non-hydrogen) atoms. The molecule has 116 valence electrons. The molecule has 0 radical (unpaired) electrons. The van der Waals surface area contributed by atoms with Crippen LogP contribution in [0.25, 0.3) is 0 Å². The lowest BCUT2D eigenvalue weighted by atomic mass is 9.78. The molecule has 1 atom stereocenters. The Morgan fingerprint density at radius 2 is 2.15 bits per heavy atom. The van der Waals surface area contributed by atoms with Gasteiger partial charge in [-0.05, 0) is 13.3 Å². The molecule has 0 N–H and O–H groups in total. The summed E-state index contributed by atoms with van der Waals surface area (Å²) in [5, 5.41) is 0. The van der Waals surface area contributed by atoms with Crippen LogP contribution in [-0.2, 0) is 23.8 Å². The van der Waals surface area contributed by atoms with Gasteiger partial charge in [-0.1, -0.05) is 0 Å². The molecule has 0 aliphatic carbocycles. The van der Waals surface area contributed by atoms with Crippen LogP contribution in [0.4, 0.5) is 13.2 Å². The number of hydrogen-bond acceptors (Lipinski definition) is 5. The van der Waals surface area contributed by atoms with Gasteiger partial charge in [-0.15, -0.1) is 0 Å². The van der Waals surface area contributed by atoms with Crippen molar-refractivity contribution in [2.45, 2.75) is 25.9 Å². The summed E-state index contributed by atoms with van der Waals surface area (Å²) >= 11 is 0. The molecule has 8 heteroatoms. The first-order valence-electron chi connectivity index (χ1n) is 6.24. The Kier molecular flexibility index (Phi) is 5.94. The average molecular weight is 298 g/mol. The van der Waals surface area contributed by atoms with Crippen LogP contribution in [0.5, 0.6) is 0 Å². The summed E-state index contributed by atoms with van der Waals surface area (Å²) in [7, 11) is 0. The summed E-state index contributed by atoms with van der Waals surface area (Å²) in [5.74, 6) is -1.14. The van der Waals surface area contributed by atoms with Crippen LogP contribution in [-0.4, -0.2) is 51.0 Å². The molecule has 1 saturated heterocycles. The van der Waals surface area contributed by atoms with Crippen molar-refractivity contribution in [3.05, 3.63) is 0 Å². The summed E-state index contributed by atoms with van der Waals surface area (Å²) in [5.41, 5.74) is -1.54. The quantitative estimate of drug-likeness (QED) is 0.422. The minimum absolute atomic E-state index is 0.0398. The van der Waals surface area contributed by atoms with Crippen molar-refractivity contribution in [2.24, 2.45) is 5.41 Å². The molecular weight excluding hydrogens is 281 g/mol. The van der Waals surface area contributed by atoms with Gasteiger partial charge in [0.05, 0.1) is 19.8 Å². The van der Waals surface area contributed by atoms with E-state index in [2.05, 4.69) is 4.74 Å². The van der Waals surface area contributed by atoms with Crippen LogP contribution in [0, 0.1) is 5.41 Å². The van der Waals surface area contributed by atoms with Gasteiger partial charge in [-0.3, -0.25) is 9.59 Å². The largest absolute Gasteiger partial charge is 0.465 e. The number of hydrogen-bond donors (Lipinski definition) is 0. The lowest BCUT2D eigenvalue weighted by Gasteiger charge is -2.33. The van der Waals surface area contributed by atoms with Gasteiger partial charge in [0.1, 0.15) is 6.61 Å². The zero-order valence-corrected chi connectivity index (χ0v) is 11.1. The maximum Gasteiger partial charge on any atom is 0.411 e. The van der Waals surface area contributed by atoms with Gasteiger partial charge in [0.2, 0.25) is 0 Å². The van der Waals surface area contributed by atoms with Crippen LogP contribution in [0.2, 0.25) is 0 Å². The molecule has 0 saturated carbocycles. The molecule has 1 fully saturated rings. The third-order valence-corrected chi connectivity index (χ3v) is 2.96. The smallest absolute Gasteiger partial charge is 0.411 e. The normalized spacial score (nSPS) is 23.7. The van der Waals surface area contributed by atoms with E-state index in [-0.39, 0.29) is 45.1 Å². The number of esters is 1. The van der Waals surface area contributed by atoms with E-state index >= 15 is 0 Å². The molecular formula is C12H17F3O5. The van der Waals surface area contributed by atoms with Gasteiger partial charge in [-0.25, -0.2) is 0 Å². The molecule has 1 heterocycles. The molecule has 0 amide bonds. The highest BCUT2D eigenvalue weighted by Gasteiger charge is 2.48. The van der Waals surface area contributed by atoms with Gasteiger partial charge in [0.25, 0.3) is 0 Å². The minimum Gasteiger partial charge on any atom is -0.465 e. The fourth-order valence-corrected chi connectivity index (χ4v) is 1.92. The van der Waals surface area contributed by atoms with Crippen molar-refractivity contribution in [1.82, 2.24) is 0 Å². The molecule has 1 unspecified atom stereocenters. The minimum atomic E-state index is -4.44. The van der Waals surface area contributed by atoms with Gasteiger partial charge in [-0.2, -0.15) is 13.2 Å². The first-order valence-corrected chi connectivity index (χ1v) is 6.24. The Morgan fingerprint density at radius 3 is 2.70 bits per heavy atom. The second-order valence-electron chi connectivity index (χ2n) is 4.45. The standard InChI is InChI=1S/C12H17F3O5/c1-2-20-10(17)11(7-18-5-3-9(11)16)4-6-19-8-12(13,14)15/h2-8H2,1H3. The van der Waals surface area contributed by atoms with Gasteiger partial charge >= 0.3 is 12.1 Å². The zero-order valence-electron chi connectivity index (χ0n) is 11.1. The van der Waals surface area contributed by atoms with Gasteiger partial charge in [0, 0.05) is 13.0 Å². The number of halogens is 3. The predicted octanol–water partition coefficient (Wildman–Crippen LogP) is 1.49. The highest BCUT2D eigenvalue weighted by atomic mass is 19.4. The van der Waals surface area contributed by atoms with Crippen molar-refractivity contribution in [1.29, 1.82) is 0 Å². The molecule has 0 aromatic heterocycles. The SMILES string of the molecule is CCOC(=O)C1(CCOCC(F)(F)F)COCCC1=O. The van der Waals surface area contributed by atoms with E-state index in [1.165, 1.54) is 0 Å². The van der Waals surface area contributed by atoms with E-state index in [9.17, 15) is 22.8 Å². The molecule has 1 aliphatic rings. The molecule has 0 bridgehead atoms. The van der Waals surface area contributed by atoms with Crippen molar-refractivity contribution in [3.8, 4) is 0 Å². The monoisotopic (exact) mass is 298 g/mol. The lowest BCUT2D eigenvalue weighted by molar-refractivity contribution is -0.181. The summed E-state index contributed by atoms with van der Waals surface area (Å²) in [4.78, 5) is 23.9. The second kappa shape index (κ2) is 7.03. The maximum atomic E-state index is 12.0. The van der Waals surface area contributed by atoms with Crippen molar-refractivity contribution in [3.63, 3.8) is 0 Å². The van der Waals surface area contributed by atoms with Gasteiger partial charge < -0.3 is 14.2 Å². The molecule has 0 aromatic rings. The number of ether oxygens (including phenoxy) is 3. The third kappa shape index (κ3) is 4.45. The number of carbonyl (C=O) groups excluding carboxylic acids is 2. The topological polar surface area (TPSA) is 61.8 Å². The number of alkyl halides is 3. The fourth-order valence-electron chi connectivity index (χ4n) is 1.92. The van der Waals surface area contributed by atoms with Crippen molar-refractivity contribution in [2.75, 3.05) is 33.0 Å². The van der Waals surface area contributed by atoms with Crippen LogP contribution in [0.3, 0.4) is 0 Å². The second-order valence-corrected chi connectivity index (χ2v) is 4.45. The van der Waals surface area contributed by atoms with E-state index < -0.39 is 24.2 Å². The van der Waals surface area contributed by atoms with E-state index in [0.717, 1.165) is 0 Å². The van der Waals surface area contributed by atoms with Crippen LogP contribution >= 0.6 is 0 Å². The summed E-state index contributed by atoms with van der Waals surface area (Å²) in [6.07, 6.45) is -4.58. The Bertz CT molecular complexity index is 355. The molecule has 0 spiro atoms. The van der Waals surface area contributed by atoms with Crippen LogP contribution in [0.15, 0.2) is 0 Å². The molecule has 5 nitrogen and oxygen atoms in total. The van der Waals surface area contributed by atoms with E-state index in [4.69, 9.17) is 9.47 Å². The maximum absolute atomic E-state index is 12.0. The Morgan fingerprint density at radius 1 is 1.45 bits per heavy atom. The lowest BCUT2D eigenvalue weighted by Crippen LogP contribution is -2.48. The number of ketones is 1. The first-order chi connectivity index (χ1) is 9.32. The molecule has 0 aromatic carbocycles. The average Bonchev–Trinajstić information content (AvgIpc) is 2.36. The highest BCUT2D eigenvalue weighted by molar-refractivity contribution is 6.04. The highest BCUT2D eigenvalue weighted by Crippen LogP contribution is 2.31. The summed E-state index contributed by atoms with van der Waals surface area (Å²) in [6.45, 7) is -0.102. The van der Waals surface area contributed by atoms with E-state index in [1.807, 2.05) is 0 Å². The Hall–Kier alpha value is -1.15. The number of carbonyl (C=O) groups is 2. The number of Topliss-reactive ketones (excluding diaryl/α,β-unsaturated/α-hetero) is 1. The van der Waals surface area contributed by atoms with Crippen LogP contribution in [0.1, 0.15) is 19.8 Å². The summed E-state index contributed by atoms with van der Waals surface area (Å²) < 4.78 is 50.3. The predicted molar refractivity (Wildman–Crippen MR) is 61.0 cm³/mol. The Labute approximate surface area is 114 Å². The molecule has 1 rings (SSSR count). The van der Waals surface area contributed by atoms with E-state index in [0.29, 0.717) is 0 Å². The van der Waals surface area contributed by atoms with Gasteiger partial charge in [0.15, 0.2) is 11.2 Å².